The number of piperidine rings is 1. The summed E-state index contributed by atoms with van der Waals surface area (Å²) < 4.78 is 6.32. The zero-order valence-electron chi connectivity index (χ0n) is 18.0. The standard InChI is InChI=1S/C21H29N7OS/c1-20(2)9-12(10-21(3,4)28-20)25-17-16(22)18(24-11-23-17)27-19-26-14-7-6-13(29-5)8-15(14)30-19/h6-8,11-12,28H,9-10,22H2,1-5H3,(H2,23,24,25,26,27). The van der Waals surface area contributed by atoms with Crippen LogP contribution in [0.3, 0.4) is 0 Å². The largest absolute Gasteiger partial charge is 0.497 e. The van der Waals surface area contributed by atoms with Crippen LogP contribution in [0.25, 0.3) is 10.2 Å². The number of nitrogen functional groups attached to an aromatic ring is 1. The smallest absolute Gasteiger partial charge is 0.189 e. The molecular formula is C21H29N7OS. The van der Waals surface area contributed by atoms with Crippen LogP contribution in [0.5, 0.6) is 5.75 Å². The first-order valence-electron chi connectivity index (χ1n) is 10.0. The number of rotatable bonds is 5. The molecular weight excluding hydrogens is 398 g/mol. The number of anilines is 4. The van der Waals surface area contributed by atoms with E-state index in [0.717, 1.165) is 33.9 Å². The number of thiazole rings is 1. The molecule has 1 aromatic carbocycles. The van der Waals surface area contributed by atoms with Crippen LogP contribution in [-0.4, -0.2) is 39.2 Å². The van der Waals surface area contributed by atoms with Gasteiger partial charge in [0, 0.05) is 17.1 Å². The lowest BCUT2D eigenvalue weighted by atomic mass is 9.79. The summed E-state index contributed by atoms with van der Waals surface area (Å²) in [5, 5.41) is 11.2. The van der Waals surface area contributed by atoms with Crippen molar-refractivity contribution in [2.24, 2.45) is 0 Å². The highest BCUT2D eigenvalue weighted by atomic mass is 32.1. The monoisotopic (exact) mass is 427 g/mol. The van der Waals surface area contributed by atoms with E-state index in [0.29, 0.717) is 17.3 Å². The molecule has 160 valence electrons. The van der Waals surface area contributed by atoms with Crippen LogP contribution in [0.4, 0.5) is 22.5 Å². The molecule has 0 spiro atoms. The summed E-state index contributed by atoms with van der Waals surface area (Å²) in [6.45, 7) is 8.89. The van der Waals surface area contributed by atoms with Crippen molar-refractivity contribution in [3.05, 3.63) is 24.5 Å². The van der Waals surface area contributed by atoms with Gasteiger partial charge in [0.05, 0.1) is 17.3 Å². The first kappa shape index (κ1) is 20.6. The van der Waals surface area contributed by atoms with Gasteiger partial charge in [-0.3, -0.25) is 0 Å². The minimum absolute atomic E-state index is 0.0321. The Morgan fingerprint density at radius 3 is 2.53 bits per heavy atom. The van der Waals surface area contributed by atoms with E-state index >= 15 is 0 Å². The summed E-state index contributed by atoms with van der Waals surface area (Å²) in [6.07, 6.45) is 3.47. The van der Waals surface area contributed by atoms with Crippen LogP contribution in [0.1, 0.15) is 40.5 Å². The highest BCUT2D eigenvalue weighted by Gasteiger charge is 2.38. The minimum atomic E-state index is 0.0321. The molecule has 30 heavy (non-hydrogen) atoms. The molecule has 0 bridgehead atoms. The third-order valence-electron chi connectivity index (χ3n) is 5.24. The fourth-order valence-electron chi connectivity index (χ4n) is 4.41. The van der Waals surface area contributed by atoms with E-state index in [9.17, 15) is 0 Å². The molecule has 2 aromatic heterocycles. The molecule has 0 aliphatic carbocycles. The highest BCUT2D eigenvalue weighted by Crippen LogP contribution is 2.35. The van der Waals surface area contributed by atoms with Crippen molar-refractivity contribution in [2.75, 3.05) is 23.5 Å². The summed E-state index contributed by atoms with van der Waals surface area (Å²) >= 11 is 1.52. The molecule has 0 saturated carbocycles. The van der Waals surface area contributed by atoms with Crippen molar-refractivity contribution < 1.29 is 4.74 Å². The van der Waals surface area contributed by atoms with E-state index in [1.807, 2.05) is 18.2 Å². The molecule has 1 aliphatic heterocycles. The van der Waals surface area contributed by atoms with Crippen molar-refractivity contribution in [1.82, 2.24) is 20.3 Å². The van der Waals surface area contributed by atoms with Crippen LogP contribution in [0.2, 0.25) is 0 Å². The molecule has 1 aliphatic rings. The minimum Gasteiger partial charge on any atom is -0.497 e. The average Bonchev–Trinajstić information content (AvgIpc) is 3.03. The highest BCUT2D eigenvalue weighted by molar-refractivity contribution is 7.22. The molecule has 4 rings (SSSR count). The second kappa shape index (κ2) is 7.55. The lowest BCUT2D eigenvalue weighted by molar-refractivity contribution is 0.170. The number of ether oxygens (including phenoxy) is 1. The van der Waals surface area contributed by atoms with Gasteiger partial charge in [0.25, 0.3) is 0 Å². The topological polar surface area (TPSA) is 110 Å². The fraction of sp³-hybridized carbons (Fsp3) is 0.476. The Hall–Kier alpha value is -2.65. The maximum absolute atomic E-state index is 6.41. The molecule has 5 N–H and O–H groups in total. The summed E-state index contributed by atoms with van der Waals surface area (Å²) in [5.74, 6) is 2.00. The predicted octanol–water partition coefficient (Wildman–Crippen LogP) is 4.14. The van der Waals surface area contributed by atoms with Gasteiger partial charge in [0.1, 0.15) is 17.8 Å². The number of nitrogens with zero attached hydrogens (tertiary/aromatic N) is 3. The Kier molecular flexibility index (Phi) is 5.19. The SMILES string of the molecule is COc1ccc2nc(Nc3ncnc(NC4CC(C)(C)NC(C)(C)C4)c3N)sc2c1. The molecule has 9 heteroatoms. The Morgan fingerprint density at radius 1 is 1.13 bits per heavy atom. The second-order valence-corrected chi connectivity index (χ2v) is 10.1. The van der Waals surface area contributed by atoms with Crippen LogP contribution in [-0.2, 0) is 0 Å². The van der Waals surface area contributed by atoms with Crippen LogP contribution >= 0.6 is 11.3 Å². The summed E-state index contributed by atoms with van der Waals surface area (Å²) in [5.41, 5.74) is 7.86. The van der Waals surface area contributed by atoms with Crippen molar-refractivity contribution in [2.45, 2.75) is 57.7 Å². The second-order valence-electron chi connectivity index (χ2n) is 9.10. The first-order valence-corrected chi connectivity index (χ1v) is 10.8. The predicted molar refractivity (Wildman–Crippen MR) is 124 cm³/mol. The number of aromatic nitrogens is 3. The number of nitrogens with one attached hydrogen (secondary N) is 3. The van der Waals surface area contributed by atoms with Gasteiger partial charge in [-0.15, -0.1) is 0 Å². The zero-order chi connectivity index (χ0) is 21.5. The molecule has 3 heterocycles. The van der Waals surface area contributed by atoms with E-state index < -0.39 is 0 Å². The number of nitrogens with two attached hydrogens (primary N) is 1. The molecule has 0 amide bonds. The van der Waals surface area contributed by atoms with Crippen molar-refractivity contribution >= 4 is 44.0 Å². The van der Waals surface area contributed by atoms with Crippen LogP contribution in [0, 0.1) is 0 Å². The van der Waals surface area contributed by atoms with Gasteiger partial charge < -0.3 is 26.4 Å². The van der Waals surface area contributed by atoms with Gasteiger partial charge in [-0.2, -0.15) is 0 Å². The van der Waals surface area contributed by atoms with E-state index in [4.69, 9.17) is 10.5 Å². The van der Waals surface area contributed by atoms with Crippen molar-refractivity contribution in [1.29, 1.82) is 0 Å². The lowest BCUT2D eigenvalue weighted by Gasteiger charge is -2.46. The van der Waals surface area contributed by atoms with Gasteiger partial charge in [-0.25, -0.2) is 15.0 Å². The Bertz CT molecular complexity index is 1050. The molecule has 0 radical (unpaired) electrons. The van der Waals surface area contributed by atoms with E-state index in [-0.39, 0.29) is 17.1 Å². The van der Waals surface area contributed by atoms with Gasteiger partial charge in [-0.05, 0) is 58.7 Å². The zero-order valence-corrected chi connectivity index (χ0v) is 18.9. The first-order chi connectivity index (χ1) is 14.1. The summed E-state index contributed by atoms with van der Waals surface area (Å²) in [6, 6.07) is 6.06. The molecule has 0 atom stereocenters. The average molecular weight is 428 g/mol. The molecule has 1 saturated heterocycles. The Balaban J connectivity index is 1.54. The van der Waals surface area contributed by atoms with Gasteiger partial charge in [-0.1, -0.05) is 11.3 Å². The number of methoxy groups -OCH3 is 1. The maximum Gasteiger partial charge on any atom is 0.189 e. The van der Waals surface area contributed by atoms with Crippen molar-refractivity contribution in [3.63, 3.8) is 0 Å². The van der Waals surface area contributed by atoms with Crippen LogP contribution < -0.4 is 26.4 Å². The maximum atomic E-state index is 6.41. The lowest BCUT2D eigenvalue weighted by Crippen LogP contribution is -2.60. The number of benzene rings is 1. The Morgan fingerprint density at radius 2 is 1.83 bits per heavy atom. The third kappa shape index (κ3) is 4.41. The van der Waals surface area contributed by atoms with Gasteiger partial charge in [0.2, 0.25) is 0 Å². The molecule has 3 aromatic rings. The van der Waals surface area contributed by atoms with Gasteiger partial charge in [0.15, 0.2) is 16.8 Å². The fourth-order valence-corrected chi connectivity index (χ4v) is 5.31. The molecule has 8 nitrogen and oxygen atoms in total. The van der Waals surface area contributed by atoms with Crippen LogP contribution in [0.15, 0.2) is 24.5 Å². The quantitative estimate of drug-likeness (QED) is 0.481. The molecule has 1 fully saturated rings. The number of hydrogen-bond donors (Lipinski definition) is 4. The Labute approximate surface area is 180 Å². The normalized spacial score (nSPS) is 18.3. The summed E-state index contributed by atoms with van der Waals surface area (Å²) in [4.78, 5) is 13.3. The number of fused-ring (bicyclic) bond motifs is 1. The third-order valence-corrected chi connectivity index (χ3v) is 6.17. The van der Waals surface area contributed by atoms with Crippen molar-refractivity contribution in [3.8, 4) is 5.75 Å². The van der Waals surface area contributed by atoms with E-state index in [2.05, 4.69) is 58.6 Å². The molecule has 0 unspecified atom stereocenters. The van der Waals surface area contributed by atoms with Gasteiger partial charge >= 0.3 is 0 Å². The summed E-state index contributed by atoms with van der Waals surface area (Å²) in [7, 11) is 1.65. The van der Waals surface area contributed by atoms with E-state index in [1.165, 1.54) is 17.7 Å². The number of hydrogen-bond acceptors (Lipinski definition) is 9. The van der Waals surface area contributed by atoms with E-state index in [1.54, 1.807) is 7.11 Å².